The van der Waals surface area contributed by atoms with E-state index in [1.165, 1.54) is 0 Å². The Bertz CT molecular complexity index is 1480. The monoisotopic (exact) mass is 450 g/mol. The molecule has 1 fully saturated rings. The van der Waals surface area contributed by atoms with Gasteiger partial charge in [-0.15, -0.1) is 0 Å². The number of nitrogens with one attached hydrogen (secondary N) is 1. The van der Waals surface area contributed by atoms with E-state index >= 15 is 0 Å². The number of hydrogen-bond donors (Lipinski definition) is 2. The van der Waals surface area contributed by atoms with E-state index in [9.17, 15) is 5.11 Å². The lowest BCUT2D eigenvalue weighted by Crippen LogP contribution is -2.30. The van der Waals surface area contributed by atoms with Crippen molar-refractivity contribution in [2.24, 2.45) is 0 Å². The summed E-state index contributed by atoms with van der Waals surface area (Å²) in [5.41, 5.74) is 5.80. The van der Waals surface area contributed by atoms with Gasteiger partial charge in [0.2, 0.25) is 0 Å². The van der Waals surface area contributed by atoms with Crippen LogP contribution in [0.1, 0.15) is 58.4 Å². The molecule has 1 unspecified atom stereocenters. The Morgan fingerprint density at radius 3 is 2.47 bits per heavy atom. The fraction of sp³-hybridized carbons (Fsp3) is 0.250. The molecule has 2 aromatic carbocycles. The maximum atomic E-state index is 12.6. The minimum absolute atomic E-state index is 0.449. The number of H-pyrrole nitrogens is 1. The minimum Gasteiger partial charge on any atom is -0.374 e. The zero-order valence-electron chi connectivity index (χ0n) is 19.5. The molecule has 170 valence electrons. The molecule has 0 spiro atoms. The number of pyridine rings is 1. The molecule has 1 saturated carbocycles. The number of rotatable bonds is 5. The van der Waals surface area contributed by atoms with Gasteiger partial charge < -0.3 is 14.6 Å². The minimum atomic E-state index is -1.50. The average molecular weight is 451 g/mol. The van der Waals surface area contributed by atoms with Crippen LogP contribution in [0.4, 0.5) is 0 Å². The highest BCUT2D eigenvalue weighted by Gasteiger charge is 2.39. The Balaban J connectivity index is 1.69. The fourth-order valence-corrected chi connectivity index (χ4v) is 4.80. The summed E-state index contributed by atoms with van der Waals surface area (Å²) >= 11 is 0. The largest absolute Gasteiger partial charge is 0.374 e. The summed E-state index contributed by atoms with van der Waals surface area (Å²) in [6.45, 7) is 5.83. The number of benzene rings is 2. The van der Waals surface area contributed by atoms with Crippen LogP contribution in [0, 0.1) is 20.8 Å². The van der Waals surface area contributed by atoms with Crippen molar-refractivity contribution in [3.05, 3.63) is 100 Å². The molecule has 1 aliphatic carbocycles. The van der Waals surface area contributed by atoms with Gasteiger partial charge >= 0.3 is 0 Å². The van der Waals surface area contributed by atoms with Gasteiger partial charge in [0.1, 0.15) is 11.6 Å². The van der Waals surface area contributed by atoms with Gasteiger partial charge in [-0.1, -0.05) is 41.6 Å². The van der Waals surface area contributed by atoms with Gasteiger partial charge in [-0.25, -0.2) is 4.98 Å². The third-order valence-corrected chi connectivity index (χ3v) is 6.75. The van der Waals surface area contributed by atoms with Gasteiger partial charge in [-0.05, 0) is 68.5 Å². The van der Waals surface area contributed by atoms with Crippen molar-refractivity contribution in [1.29, 1.82) is 0 Å². The highest BCUT2D eigenvalue weighted by atomic mass is 16.5. The van der Waals surface area contributed by atoms with Crippen molar-refractivity contribution in [1.82, 2.24) is 20.1 Å². The highest BCUT2D eigenvalue weighted by Crippen LogP contribution is 2.44. The zero-order chi connectivity index (χ0) is 23.4. The molecule has 1 aliphatic rings. The van der Waals surface area contributed by atoms with E-state index in [4.69, 9.17) is 9.51 Å². The molecule has 6 heteroatoms. The van der Waals surface area contributed by atoms with Crippen LogP contribution in [0.2, 0.25) is 0 Å². The lowest BCUT2D eigenvalue weighted by Gasteiger charge is -2.29. The molecule has 0 bridgehead atoms. The summed E-state index contributed by atoms with van der Waals surface area (Å²) in [5, 5.41) is 16.7. The molecule has 0 amide bonds. The molecule has 0 saturated heterocycles. The van der Waals surface area contributed by atoms with Crippen molar-refractivity contribution >= 4 is 11.0 Å². The van der Waals surface area contributed by atoms with E-state index in [1.807, 2.05) is 69.3 Å². The van der Waals surface area contributed by atoms with Crippen LogP contribution in [-0.2, 0) is 5.60 Å². The molecule has 1 atom stereocenters. The molecule has 6 rings (SSSR count). The van der Waals surface area contributed by atoms with E-state index in [0.29, 0.717) is 17.2 Å². The van der Waals surface area contributed by atoms with Crippen molar-refractivity contribution in [2.45, 2.75) is 45.1 Å². The number of imidazole rings is 1. The zero-order valence-corrected chi connectivity index (χ0v) is 19.5. The van der Waals surface area contributed by atoms with E-state index in [2.05, 4.69) is 21.2 Å². The van der Waals surface area contributed by atoms with Crippen LogP contribution in [-0.4, -0.2) is 25.2 Å². The summed E-state index contributed by atoms with van der Waals surface area (Å²) in [5.74, 6) is 2.16. The van der Waals surface area contributed by atoms with Crippen LogP contribution < -0.4 is 0 Å². The first-order valence-corrected chi connectivity index (χ1v) is 11.6. The number of aliphatic hydroxyl groups is 1. The number of aromatic amines is 1. The van der Waals surface area contributed by atoms with Crippen LogP contribution in [0.3, 0.4) is 0 Å². The number of fused-ring (bicyclic) bond motifs is 1. The number of aromatic nitrogens is 4. The topological polar surface area (TPSA) is 87.8 Å². The summed E-state index contributed by atoms with van der Waals surface area (Å²) in [6, 6.07) is 17.7. The second-order valence-electron chi connectivity index (χ2n) is 9.31. The lowest BCUT2D eigenvalue weighted by molar-refractivity contribution is 0.122. The lowest BCUT2D eigenvalue weighted by atomic mass is 9.81. The molecule has 3 heterocycles. The quantitative estimate of drug-likeness (QED) is 0.359. The van der Waals surface area contributed by atoms with E-state index in [0.717, 1.165) is 63.4 Å². The summed E-state index contributed by atoms with van der Waals surface area (Å²) in [7, 11) is 0. The van der Waals surface area contributed by atoms with Crippen LogP contribution in [0.5, 0.6) is 0 Å². The first-order chi connectivity index (χ1) is 16.4. The van der Waals surface area contributed by atoms with Crippen molar-refractivity contribution in [3.8, 4) is 11.1 Å². The Morgan fingerprint density at radius 2 is 1.82 bits per heavy atom. The van der Waals surface area contributed by atoms with Crippen molar-refractivity contribution in [3.63, 3.8) is 0 Å². The molecule has 34 heavy (non-hydrogen) atoms. The van der Waals surface area contributed by atoms with Gasteiger partial charge in [0.15, 0.2) is 5.60 Å². The molecule has 3 aromatic heterocycles. The van der Waals surface area contributed by atoms with Gasteiger partial charge in [0.25, 0.3) is 0 Å². The molecular formula is C28H26N4O2. The maximum absolute atomic E-state index is 12.6. The summed E-state index contributed by atoms with van der Waals surface area (Å²) in [6.07, 6.45) is 4.06. The predicted octanol–water partition coefficient (Wildman–Crippen LogP) is 5.70. The SMILES string of the molecule is Cc1ccc(C(O)(c2ccccc2)c2cc(-c3c(C)noc3C)cc3[nH]c(C4CC4)nc23)nc1. The van der Waals surface area contributed by atoms with Crippen molar-refractivity contribution in [2.75, 3.05) is 0 Å². The van der Waals surface area contributed by atoms with E-state index in [1.54, 1.807) is 6.20 Å². The molecule has 0 aliphatic heterocycles. The Labute approximate surface area is 197 Å². The number of hydrogen-bond acceptors (Lipinski definition) is 5. The summed E-state index contributed by atoms with van der Waals surface area (Å²) in [4.78, 5) is 13.2. The molecule has 6 nitrogen and oxygen atoms in total. The standard InChI is InChI=1S/C28H26N4O2/c1-16-9-12-24(29-15-16)28(33,21-7-5-4-6-8-21)22-13-20(25-17(2)32-34-18(25)3)14-23-26(22)31-27(30-23)19-10-11-19/h4-9,12-15,19,33H,10-11H2,1-3H3,(H,30,31). The Morgan fingerprint density at radius 1 is 1.03 bits per heavy atom. The first kappa shape index (κ1) is 20.8. The van der Waals surface area contributed by atoms with Crippen LogP contribution in [0.15, 0.2) is 65.3 Å². The third-order valence-electron chi connectivity index (χ3n) is 6.75. The number of aryl methyl sites for hydroxylation is 3. The maximum Gasteiger partial charge on any atom is 0.159 e. The Hall–Kier alpha value is -3.77. The smallest absolute Gasteiger partial charge is 0.159 e. The Kier molecular flexibility index (Phi) is 4.67. The third kappa shape index (κ3) is 3.25. The second kappa shape index (κ2) is 7.64. The van der Waals surface area contributed by atoms with Crippen molar-refractivity contribution < 1.29 is 9.63 Å². The van der Waals surface area contributed by atoms with E-state index < -0.39 is 5.60 Å². The molecular weight excluding hydrogens is 424 g/mol. The first-order valence-electron chi connectivity index (χ1n) is 11.6. The number of nitrogens with zero attached hydrogens (tertiary/aromatic N) is 3. The predicted molar refractivity (Wildman–Crippen MR) is 131 cm³/mol. The summed E-state index contributed by atoms with van der Waals surface area (Å²) < 4.78 is 5.47. The fourth-order valence-electron chi connectivity index (χ4n) is 4.80. The van der Waals surface area contributed by atoms with Crippen LogP contribution in [0.25, 0.3) is 22.2 Å². The molecule has 5 aromatic rings. The molecule has 0 radical (unpaired) electrons. The average Bonchev–Trinajstić information content (AvgIpc) is 3.53. The van der Waals surface area contributed by atoms with Gasteiger partial charge in [0, 0.05) is 23.2 Å². The highest BCUT2D eigenvalue weighted by molar-refractivity contribution is 5.88. The molecule has 2 N–H and O–H groups in total. The van der Waals surface area contributed by atoms with Gasteiger partial charge in [-0.3, -0.25) is 4.98 Å². The second-order valence-corrected chi connectivity index (χ2v) is 9.31. The van der Waals surface area contributed by atoms with Crippen LogP contribution >= 0.6 is 0 Å². The van der Waals surface area contributed by atoms with Gasteiger partial charge in [-0.2, -0.15) is 0 Å². The van der Waals surface area contributed by atoms with Gasteiger partial charge in [0.05, 0.1) is 22.4 Å². The normalized spacial score (nSPS) is 15.5. The van der Waals surface area contributed by atoms with E-state index in [-0.39, 0.29) is 0 Å².